The van der Waals surface area contributed by atoms with E-state index in [9.17, 15) is 9.59 Å². The molecule has 6 nitrogen and oxygen atoms in total. The van der Waals surface area contributed by atoms with Crippen LogP contribution in [0, 0.1) is 0 Å². The van der Waals surface area contributed by atoms with Crippen LogP contribution < -0.4 is 21.1 Å². The molecule has 0 radical (unpaired) electrons. The molecule has 1 atom stereocenters. The number of carbonyl (C=O) groups excluding carboxylic acids is 2. The summed E-state index contributed by atoms with van der Waals surface area (Å²) in [5.74, 6) is 0.0719. The molecule has 0 fully saturated rings. The Bertz CT molecular complexity index is 687. The maximum atomic E-state index is 12.5. The lowest BCUT2D eigenvalue weighted by Crippen LogP contribution is -2.41. The van der Waals surface area contributed by atoms with E-state index in [2.05, 4.69) is 10.6 Å². The Morgan fingerprint density at radius 2 is 1.76 bits per heavy atom. The molecule has 2 rings (SSSR count). The molecule has 2 aromatic carbocycles. The van der Waals surface area contributed by atoms with Crippen molar-refractivity contribution >= 4 is 11.8 Å². The fourth-order valence-corrected chi connectivity index (χ4v) is 2.32. The van der Waals surface area contributed by atoms with Crippen LogP contribution in [-0.4, -0.2) is 32.0 Å². The SMILES string of the molecule is COc1ccc(C(=O)NC(C(=O)NCCCN)c2ccccc2)cc1. The van der Waals surface area contributed by atoms with Crippen LogP contribution >= 0.6 is 0 Å². The first-order chi connectivity index (χ1) is 12.2. The zero-order valence-corrected chi connectivity index (χ0v) is 14.2. The molecular weight excluding hydrogens is 318 g/mol. The van der Waals surface area contributed by atoms with E-state index in [0.29, 0.717) is 30.8 Å². The lowest BCUT2D eigenvalue weighted by Gasteiger charge is -2.19. The van der Waals surface area contributed by atoms with Gasteiger partial charge in [0, 0.05) is 12.1 Å². The van der Waals surface area contributed by atoms with Crippen LogP contribution in [0.5, 0.6) is 5.75 Å². The number of rotatable bonds is 8. The van der Waals surface area contributed by atoms with Crippen LogP contribution in [0.3, 0.4) is 0 Å². The topological polar surface area (TPSA) is 93.4 Å². The monoisotopic (exact) mass is 341 g/mol. The van der Waals surface area contributed by atoms with E-state index < -0.39 is 6.04 Å². The van der Waals surface area contributed by atoms with Crippen LogP contribution in [0.2, 0.25) is 0 Å². The number of methoxy groups -OCH3 is 1. The standard InChI is InChI=1S/C19H23N3O3/c1-25-16-10-8-15(9-11-16)18(23)22-17(14-6-3-2-4-7-14)19(24)21-13-5-12-20/h2-4,6-11,17H,5,12-13,20H2,1H3,(H,21,24)(H,22,23). The highest BCUT2D eigenvalue weighted by atomic mass is 16.5. The van der Waals surface area contributed by atoms with Gasteiger partial charge < -0.3 is 21.1 Å². The van der Waals surface area contributed by atoms with Gasteiger partial charge in [0.25, 0.3) is 5.91 Å². The molecule has 0 saturated heterocycles. The molecule has 1 unspecified atom stereocenters. The Kier molecular flexibility index (Phi) is 6.98. The van der Waals surface area contributed by atoms with Gasteiger partial charge in [-0.15, -0.1) is 0 Å². The molecule has 0 aliphatic carbocycles. The first-order valence-electron chi connectivity index (χ1n) is 8.13. The highest BCUT2D eigenvalue weighted by molar-refractivity contribution is 5.97. The van der Waals surface area contributed by atoms with E-state index in [-0.39, 0.29) is 11.8 Å². The van der Waals surface area contributed by atoms with Crippen molar-refractivity contribution in [1.82, 2.24) is 10.6 Å². The first-order valence-corrected chi connectivity index (χ1v) is 8.13. The molecule has 0 aliphatic rings. The van der Waals surface area contributed by atoms with Gasteiger partial charge in [-0.1, -0.05) is 30.3 Å². The predicted molar refractivity (Wildman–Crippen MR) is 96.3 cm³/mol. The Balaban J connectivity index is 2.14. The Morgan fingerprint density at radius 1 is 1.08 bits per heavy atom. The number of nitrogens with one attached hydrogen (secondary N) is 2. The maximum absolute atomic E-state index is 12.5. The zero-order chi connectivity index (χ0) is 18.1. The molecule has 0 saturated carbocycles. The predicted octanol–water partition coefficient (Wildman–Crippen LogP) is 1.63. The van der Waals surface area contributed by atoms with E-state index in [1.807, 2.05) is 30.3 Å². The summed E-state index contributed by atoms with van der Waals surface area (Å²) in [5.41, 5.74) is 6.62. The van der Waals surface area contributed by atoms with Crippen LogP contribution in [0.15, 0.2) is 54.6 Å². The van der Waals surface area contributed by atoms with Crippen molar-refractivity contribution in [2.24, 2.45) is 5.73 Å². The molecule has 0 aromatic heterocycles. The minimum Gasteiger partial charge on any atom is -0.497 e. The van der Waals surface area contributed by atoms with Crippen LogP contribution in [0.1, 0.15) is 28.4 Å². The summed E-state index contributed by atoms with van der Waals surface area (Å²) in [6.45, 7) is 0.964. The second-order valence-corrected chi connectivity index (χ2v) is 5.48. The van der Waals surface area contributed by atoms with Crippen LogP contribution in [0.4, 0.5) is 0 Å². The Labute approximate surface area is 147 Å². The summed E-state index contributed by atoms with van der Waals surface area (Å²) < 4.78 is 5.09. The number of amides is 2. The molecule has 132 valence electrons. The van der Waals surface area contributed by atoms with Gasteiger partial charge in [0.15, 0.2) is 0 Å². The largest absolute Gasteiger partial charge is 0.497 e. The Morgan fingerprint density at radius 3 is 2.36 bits per heavy atom. The summed E-state index contributed by atoms with van der Waals surface area (Å²) in [5, 5.41) is 5.59. The third kappa shape index (κ3) is 5.32. The molecular formula is C19H23N3O3. The van der Waals surface area contributed by atoms with Crippen molar-refractivity contribution in [2.75, 3.05) is 20.2 Å². The van der Waals surface area contributed by atoms with Gasteiger partial charge in [-0.3, -0.25) is 9.59 Å². The molecule has 0 heterocycles. The number of hydrogen-bond donors (Lipinski definition) is 3. The normalized spacial score (nSPS) is 11.4. The molecule has 2 amide bonds. The average molecular weight is 341 g/mol. The number of nitrogens with two attached hydrogens (primary N) is 1. The number of hydrogen-bond acceptors (Lipinski definition) is 4. The van der Waals surface area contributed by atoms with Crippen molar-refractivity contribution in [2.45, 2.75) is 12.5 Å². The number of carbonyl (C=O) groups is 2. The lowest BCUT2D eigenvalue weighted by molar-refractivity contribution is -0.123. The van der Waals surface area contributed by atoms with Crippen molar-refractivity contribution in [1.29, 1.82) is 0 Å². The lowest BCUT2D eigenvalue weighted by atomic mass is 10.1. The van der Waals surface area contributed by atoms with Crippen molar-refractivity contribution in [3.8, 4) is 5.75 Å². The molecule has 6 heteroatoms. The second kappa shape index (κ2) is 9.44. The minimum absolute atomic E-state index is 0.262. The van der Waals surface area contributed by atoms with Gasteiger partial charge in [0.2, 0.25) is 5.91 Å². The number of benzene rings is 2. The highest BCUT2D eigenvalue weighted by Gasteiger charge is 2.22. The van der Waals surface area contributed by atoms with Crippen molar-refractivity contribution in [3.63, 3.8) is 0 Å². The summed E-state index contributed by atoms with van der Waals surface area (Å²) in [7, 11) is 1.56. The third-order valence-electron chi connectivity index (χ3n) is 3.70. The first kappa shape index (κ1) is 18.5. The van der Waals surface area contributed by atoms with Gasteiger partial charge in [0.1, 0.15) is 11.8 Å². The van der Waals surface area contributed by atoms with Crippen molar-refractivity contribution < 1.29 is 14.3 Å². The van der Waals surface area contributed by atoms with Gasteiger partial charge in [0.05, 0.1) is 7.11 Å². The molecule has 2 aromatic rings. The quantitative estimate of drug-likeness (QED) is 0.636. The zero-order valence-electron chi connectivity index (χ0n) is 14.2. The molecule has 4 N–H and O–H groups in total. The molecule has 25 heavy (non-hydrogen) atoms. The smallest absolute Gasteiger partial charge is 0.252 e. The summed E-state index contributed by atoms with van der Waals surface area (Å²) in [4.78, 5) is 25.0. The summed E-state index contributed by atoms with van der Waals surface area (Å²) >= 11 is 0. The van der Waals surface area contributed by atoms with Gasteiger partial charge in [-0.05, 0) is 42.8 Å². The Hall–Kier alpha value is -2.86. The second-order valence-electron chi connectivity index (χ2n) is 5.48. The van der Waals surface area contributed by atoms with E-state index in [1.54, 1.807) is 31.4 Å². The fraction of sp³-hybridized carbons (Fsp3) is 0.263. The number of ether oxygens (including phenoxy) is 1. The van der Waals surface area contributed by atoms with E-state index in [0.717, 1.165) is 5.56 Å². The molecule has 0 bridgehead atoms. The summed E-state index contributed by atoms with van der Waals surface area (Å²) in [6, 6.07) is 15.1. The maximum Gasteiger partial charge on any atom is 0.252 e. The highest BCUT2D eigenvalue weighted by Crippen LogP contribution is 2.16. The fourth-order valence-electron chi connectivity index (χ4n) is 2.32. The van der Waals surface area contributed by atoms with Gasteiger partial charge in [-0.25, -0.2) is 0 Å². The minimum atomic E-state index is -0.770. The molecule has 0 spiro atoms. The van der Waals surface area contributed by atoms with Crippen LogP contribution in [-0.2, 0) is 4.79 Å². The van der Waals surface area contributed by atoms with Crippen LogP contribution in [0.25, 0.3) is 0 Å². The van der Waals surface area contributed by atoms with Crippen molar-refractivity contribution in [3.05, 3.63) is 65.7 Å². The van der Waals surface area contributed by atoms with E-state index >= 15 is 0 Å². The van der Waals surface area contributed by atoms with E-state index in [1.165, 1.54) is 0 Å². The summed E-state index contributed by atoms with van der Waals surface area (Å²) in [6.07, 6.45) is 0.680. The third-order valence-corrected chi connectivity index (χ3v) is 3.70. The molecule has 0 aliphatic heterocycles. The van der Waals surface area contributed by atoms with Gasteiger partial charge >= 0.3 is 0 Å². The van der Waals surface area contributed by atoms with Gasteiger partial charge in [-0.2, -0.15) is 0 Å². The average Bonchev–Trinajstić information content (AvgIpc) is 2.66. The van der Waals surface area contributed by atoms with E-state index in [4.69, 9.17) is 10.5 Å².